The number of rotatable bonds is 15. The first-order chi connectivity index (χ1) is 17.0. The average molecular weight is 480 g/mol. The number of anilines is 1. The van der Waals surface area contributed by atoms with E-state index in [1.165, 1.54) is 5.69 Å². The van der Waals surface area contributed by atoms with Crippen molar-refractivity contribution in [1.82, 2.24) is 10.3 Å². The highest BCUT2D eigenvalue weighted by Gasteiger charge is 2.14. The zero-order chi connectivity index (χ0) is 25.0. The summed E-state index contributed by atoms with van der Waals surface area (Å²) in [4.78, 5) is 19.3. The minimum Gasteiger partial charge on any atom is -0.493 e. The van der Waals surface area contributed by atoms with Gasteiger partial charge >= 0.3 is 0 Å². The maximum Gasteiger partial charge on any atom is 0.226 e. The highest BCUT2D eigenvalue weighted by Crippen LogP contribution is 2.32. The summed E-state index contributed by atoms with van der Waals surface area (Å²) in [7, 11) is 3.21. The largest absolute Gasteiger partial charge is 0.493 e. The first-order valence-electron chi connectivity index (χ1n) is 12.3. The number of aromatic nitrogens is 1. The summed E-state index contributed by atoms with van der Waals surface area (Å²) in [6.45, 7) is 7.50. The molecule has 3 aromatic rings. The highest BCUT2D eigenvalue weighted by atomic mass is 16.5. The molecule has 0 spiro atoms. The molecule has 0 radical (unpaired) electrons. The molecule has 1 N–H and O–H groups in total. The van der Waals surface area contributed by atoms with Crippen LogP contribution in [0.2, 0.25) is 0 Å². The first kappa shape index (κ1) is 26.3. The second-order valence-electron chi connectivity index (χ2n) is 8.40. The van der Waals surface area contributed by atoms with Gasteiger partial charge in [0.2, 0.25) is 5.89 Å². The Hall–Kier alpha value is -3.32. The summed E-state index contributed by atoms with van der Waals surface area (Å²) >= 11 is 0. The number of benzene rings is 2. The second kappa shape index (κ2) is 13.5. The monoisotopic (exact) mass is 479 g/mol. The van der Waals surface area contributed by atoms with Gasteiger partial charge in [0.25, 0.3) is 0 Å². The maximum atomic E-state index is 12.3. The maximum absolute atomic E-state index is 12.3. The molecule has 35 heavy (non-hydrogen) atoms. The minimum absolute atomic E-state index is 0.272. The van der Waals surface area contributed by atoms with Crippen molar-refractivity contribution >= 4 is 11.5 Å². The van der Waals surface area contributed by atoms with Crippen LogP contribution < -0.4 is 19.7 Å². The second-order valence-corrected chi connectivity index (χ2v) is 8.40. The van der Waals surface area contributed by atoms with E-state index in [0.29, 0.717) is 43.2 Å². The van der Waals surface area contributed by atoms with E-state index in [0.717, 1.165) is 43.1 Å². The minimum atomic E-state index is 0.272. The van der Waals surface area contributed by atoms with E-state index in [9.17, 15) is 4.79 Å². The van der Waals surface area contributed by atoms with Crippen molar-refractivity contribution < 1.29 is 18.7 Å². The fraction of sp³-hybridized carbons (Fsp3) is 0.429. The number of carbonyl (C=O) groups is 1. The third-order valence-electron chi connectivity index (χ3n) is 6.03. The Labute approximate surface area is 208 Å². The summed E-state index contributed by atoms with van der Waals surface area (Å²) in [5.74, 6) is 2.89. The lowest BCUT2D eigenvalue weighted by Gasteiger charge is -2.23. The lowest BCUT2D eigenvalue weighted by Crippen LogP contribution is -2.32. The molecule has 0 unspecified atom stereocenters. The lowest BCUT2D eigenvalue weighted by atomic mass is 10.1. The van der Waals surface area contributed by atoms with Crippen LogP contribution in [-0.4, -0.2) is 51.2 Å². The molecule has 0 aliphatic heterocycles. The summed E-state index contributed by atoms with van der Waals surface area (Å²) in [6.07, 6.45) is 2.57. The van der Waals surface area contributed by atoms with Gasteiger partial charge in [0.1, 0.15) is 11.5 Å². The van der Waals surface area contributed by atoms with Gasteiger partial charge in [0.15, 0.2) is 11.5 Å². The van der Waals surface area contributed by atoms with Crippen LogP contribution in [0.1, 0.15) is 37.6 Å². The molecule has 0 aliphatic rings. The smallest absolute Gasteiger partial charge is 0.226 e. The van der Waals surface area contributed by atoms with Gasteiger partial charge in [0.05, 0.1) is 19.9 Å². The van der Waals surface area contributed by atoms with Gasteiger partial charge < -0.3 is 24.1 Å². The van der Waals surface area contributed by atoms with Gasteiger partial charge in [0, 0.05) is 50.3 Å². The Morgan fingerprint density at radius 2 is 1.80 bits per heavy atom. The molecule has 0 atom stereocenters. The molecule has 0 aliphatic carbocycles. The molecular formula is C28H37N3O4. The van der Waals surface area contributed by atoms with Gasteiger partial charge in [-0.3, -0.25) is 4.79 Å². The van der Waals surface area contributed by atoms with Crippen molar-refractivity contribution in [1.29, 1.82) is 0 Å². The number of ether oxygens (including phenoxy) is 2. The van der Waals surface area contributed by atoms with E-state index < -0.39 is 0 Å². The zero-order valence-corrected chi connectivity index (χ0v) is 21.3. The molecular weight excluding hydrogens is 442 g/mol. The van der Waals surface area contributed by atoms with Crippen molar-refractivity contribution in [2.75, 3.05) is 45.3 Å². The Morgan fingerprint density at radius 3 is 2.51 bits per heavy atom. The molecule has 188 valence electrons. The first-order valence-corrected chi connectivity index (χ1v) is 12.3. The van der Waals surface area contributed by atoms with Crippen LogP contribution in [0.4, 0.5) is 5.69 Å². The molecule has 2 aromatic carbocycles. The fourth-order valence-electron chi connectivity index (χ4n) is 4.01. The normalized spacial score (nSPS) is 10.9. The van der Waals surface area contributed by atoms with Crippen molar-refractivity contribution in [3.63, 3.8) is 0 Å². The van der Waals surface area contributed by atoms with Crippen LogP contribution in [0.3, 0.4) is 0 Å². The lowest BCUT2D eigenvalue weighted by molar-refractivity contribution is -0.119. The summed E-state index contributed by atoms with van der Waals surface area (Å²) in [6, 6.07) is 16.0. The van der Waals surface area contributed by atoms with E-state index >= 15 is 0 Å². The average Bonchev–Trinajstić information content (AvgIpc) is 3.26. The number of oxazole rings is 1. The van der Waals surface area contributed by atoms with E-state index in [4.69, 9.17) is 13.9 Å². The third-order valence-corrected chi connectivity index (χ3v) is 6.03. The Balaban J connectivity index is 1.38. The van der Waals surface area contributed by atoms with Gasteiger partial charge in [-0.1, -0.05) is 18.2 Å². The topological polar surface area (TPSA) is 76.8 Å². The van der Waals surface area contributed by atoms with E-state index in [2.05, 4.69) is 46.4 Å². The number of hydrogen-bond donors (Lipinski definition) is 1. The molecule has 0 saturated heterocycles. The highest BCUT2D eigenvalue weighted by molar-refractivity contribution is 5.78. The van der Waals surface area contributed by atoms with Crippen LogP contribution >= 0.6 is 0 Å². The van der Waals surface area contributed by atoms with Crippen molar-refractivity contribution in [3.05, 3.63) is 60.0 Å². The van der Waals surface area contributed by atoms with Gasteiger partial charge in [-0.2, -0.15) is 0 Å². The van der Waals surface area contributed by atoms with Crippen molar-refractivity contribution in [2.45, 2.75) is 39.5 Å². The number of methoxy groups -OCH3 is 2. The van der Waals surface area contributed by atoms with Crippen LogP contribution in [-0.2, 0) is 11.2 Å². The van der Waals surface area contributed by atoms with E-state index in [1.54, 1.807) is 14.2 Å². The van der Waals surface area contributed by atoms with Crippen molar-refractivity contribution in [2.24, 2.45) is 0 Å². The zero-order valence-electron chi connectivity index (χ0n) is 21.3. The predicted octanol–water partition coefficient (Wildman–Crippen LogP) is 5.07. The van der Waals surface area contributed by atoms with Gasteiger partial charge in [-0.05, 0) is 57.0 Å². The van der Waals surface area contributed by atoms with E-state index in [-0.39, 0.29) is 5.78 Å². The summed E-state index contributed by atoms with van der Waals surface area (Å²) in [5, 5.41) is 3.40. The molecule has 0 saturated carbocycles. The molecule has 0 fully saturated rings. The van der Waals surface area contributed by atoms with E-state index in [1.807, 2.05) is 31.2 Å². The van der Waals surface area contributed by atoms with Gasteiger partial charge in [-0.25, -0.2) is 4.98 Å². The molecule has 0 bridgehead atoms. The number of carbonyl (C=O) groups excluding carboxylic acids is 1. The molecule has 7 nitrogen and oxygen atoms in total. The number of ketones is 1. The van der Waals surface area contributed by atoms with Gasteiger partial charge in [-0.15, -0.1) is 0 Å². The summed E-state index contributed by atoms with van der Waals surface area (Å²) in [5.41, 5.74) is 2.94. The Kier molecular flexibility index (Phi) is 10.2. The number of Topliss-reactive ketones (excluding diaryl/α,β-unsaturated/α-hetero) is 1. The SMILES string of the molecule is CCN(CCNCCC(=O)CCCc1nc(-c2ccc(OC)c(OC)c2)oc1C)c1ccccc1. The number of nitrogens with zero attached hydrogens (tertiary/aromatic N) is 2. The Morgan fingerprint density at radius 1 is 1.03 bits per heavy atom. The predicted molar refractivity (Wildman–Crippen MR) is 140 cm³/mol. The number of para-hydroxylation sites is 1. The number of nitrogens with one attached hydrogen (secondary N) is 1. The third kappa shape index (κ3) is 7.59. The standard InChI is InChI=1S/C28H37N3O4/c1-5-31(23-10-7-6-8-11-23)19-18-29-17-16-24(32)12-9-13-25-21(2)35-28(30-25)22-14-15-26(33-3)27(20-22)34-4/h6-8,10-11,14-15,20,29H,5,9,12-13,16-19H2,1-4H3. The fourth-order valence-corrected chi connectivity index (χ4v) is 4.01. The number of aryl methyl sites for hydroxylation is 2. The van der Waals surface area contributed by atoms with Crippen LogP contribution in [0.25, 0.3) is 11.5 Å². The molecule has 1 aromatic heterocycles. The number of hydrogen-bond acceptors (Lipinski definition) is 7. The quantitative estimate of drug-likeness (QED) is 0.305. The Bertz CT molecular complexity index is 1070. The summed E-state index contributed by atoms with van der Waals surface area (Å²) < 4.78 is 16.5. The van der Waals surface area contributed by atoms with Crippen molar-refractivity contribution in [3.8, 4) is 23.0 Å². The molecule has 0 amide bonds. The molecule has 1 heterocycles. The van der Waals surface area contributed by atoms with Crippen LogP contribution in [0, 0.1) is 6.92 Å². The molecule has 3 rings (SSSR count). The van der Waals surface area contributed by atoms with Crippen LogP contribution in [0.15, 0.2) is 52.9 Å². The van der Waals surface area contributed by atoms with Crippen LogP contribution in [0.5, 0.6) is 11.5 Å². The number of likely N-dealkylation sites (N-methyl/N-ethyl adjacent to an activating group) is 1. The molecule has 7 heteroatoms.